The summed E-state index contributed by atoms with van der Waals surface area (Å²) in [6.07, 6.45) is 0.855. The van der Waals surface area contributed by atoms with Gasteiger partial charge >= 0.3 is 0 Å². The number of rotatable bonds is 9. The molecule has 154 valence electrons. The van der Waals surface area contributed by atoms with Crippen LogP contribution in [0.4, 0.5) is 0 Å². The number of halogens is 1. The van der Waals surface area contributed by atoms with Crippen LogP contribution in [0.1, 0.15) is 23.2 Å². The Balaban J connectivity index is 0.00000392. The van der Waals surface area contributed by atoms with E-state index in [2.05, 4.69) is 31.3 Å². The monoisotopic (exact) mass is 517 g/mol. The summed E-state index contributed by atoms with van der Waals surface area (Å²) in [4.78, 5) is 20.2. The number of aliphatic imine (C=N–C) groups is 1. The highest BCUT2D eigenvalue weighted by atomic mass is 127. The van der Waals surface area contributed by atoms with Crippen LogP contribution in [0.5, 0.6) is 5.75 Å². The lowest BCUT2D eigenvalue weighted by atomic mass is 10.2. The smallest absolute Gasteiger partial charge is 0.257 e. The number of carbonyl (C=O) groups excluding carboxylic acids is 1. The Bertz CT molecular complexity index is 766. The molecule has 1 heterocycles. The van der Waals surface area contributed by atoms with E-state index in [4.69, 9.17) is 4.74 Å². The Hall–Kier alpha value is -1.88. The number of amides is 1. The summed E-state index contributed by atoms with van der Waals surface area (Å²) in [5, 5.41) is 12.4. The number of nitrogens with one attached hydrogen (secondary N) is 3. The third-order valence-corrected chi connectivity index (χ3v) is 4.49. The molecule has 28 heavy (non-hydrogen) atoms. The third-order valence-electron chi connectivity index (χ3n) is 3.67. The molecular formula is C19H28IN5O2S. The minimum Gasteiger partial charge on any atom is -0.484 e. The van der Waals surface area contributed by atoms with Gasteiger partial charge in [-0.25, -0.2) is 4.98 Å². The van der Waals surface area contributed by atoms with E-state index in [9.17, 15) is 4.79 Å². The van der Waals surface area contributed by atoms with E-state index >= 15 is 0 Å². The molecule has 0 aliphatic carbocycles. The van der Waals surface area contributed by atoms with Gasteiger partial charge in [-0.05, 0) is 31.5 Å². The van der Waals surface area contributed by atoms with Crippen molar-refractivity contribution in [1.29, 1.82) is 0 Å². The van der Waals surface area contributed by atoms with Gasteiger partial charge in [0.1, 0.15) is 5.75 Å². The Labute approximate surface area is 187 Å². The average Bonchev–Trinajstić information content (AvgIpc) is 3.08. The number of guanidine groups is 1. The number of ether oxygens (including phenoxy) is 1. The summed E-state index contributed by atoms with van der Waals surface area (Å²) in [6, 6.07) is 7.66. The molecule has 0 fully saturated rings. The molecule has 3 N–H and O–H groups in total. The minimum absolute atomic E-state index is 0. The van der Waals surface area contributed by atoms with Crippen molar-refractivity contribution < 1.29 is 9.53 Å². The van der Waals surface area contributed by atoms with Gasteiger partial charge in [0.05, 0.1) is 10.7 Å². The second-order valence-electron chi connectivity index (χ2n) is 5.85. The van der Waals surface area contributed by atoms with Gasteiger partial charge in [-0.15, -0.1) is 35.3 Å². The van der Waals surface area contributed by atoms with Crippen molar-refractivity contribution in [2.45, 2.75) is 26.8 Å². The molecule has 0 atom stereocenters. The normalized spacial score (nSPS) is 10.8. The predicted molar refractivity (Wildman–Crippen MR) is 125 cm³/mol. The summed E-state index contributed by atoms with van der Waals surface area (Å²) >= 11 is 1.66. The van der Waals surface area contributed by atoms with Crippen molar-refractivity contribution in [3.8, 4) is 5.75 Å². The molecule has 0 spiro atoms. The number of benzene rings is 1. The first-order valence-corrected chi connectivity index (χ1v) is 9.82. The SMILES string of the molecule is CCNC(=O)COc1cccc(CNC(=NC)NCCc2csc(C)n2)c1.I. The fourth-order valence-corrected chi connectivity index (χ4v) is 3.03. The molecule has 1 aromatic heterocycles. The van der Waals surface area contributed by atoms with Gasteiger partial charge in [-0.2, -0.15) is 0 Å². The maximum Gasteiger partial charge on any atom is 0.257 e. The number of aromatic nitrogens is 1. The number of hydrogen-bond acceptors (Lipinski definition) is 5. The van der Waals surface area contributed by atoms with E-state index in [0.717, 1.165) is 35.2 Å². The van der Waals surface area contributed by atoms with Gasteiger partial charge in [-0.1, -0.05) is 12.1 Å². The Morgan fingerprint density at radius 1 is 1.29 bits per heavy atom. The first kappa shape index (κ1) is 24.2. The van der Waals surface area contributed by atoms with Crippen molar-refractivity contribution in [1.82, 2.24) is 20.9 Å². The molecule has 0 aliphatic rings. The van der Waals surface area contributed by atoms with Crippen LogP contribution in [0.25, 0.3) is 0 Å². The molecule has 1 aromatic carbocycles. The van der Waals surface area contributed by atoms with Crippen LogP contribution >= 0.6 is 35.3 Å². The zero-order valence-electron chi connectivity index (χ0n) is 16.4. The van der Waals surface area contributed by atoms with Crippen LogP contribution in [0.15, 0.2) is 34.6 Å². The Kier molecular flexibility index (Phi) is 11.5. The summed E-state index contributed by atoms with van der Waals surface area (Å²) in [5.74, 6) is 1.28. The van der Waals surface area contributed by atoms with Crippen LogP contribution < -0.4 is 20.7 Å². The number of carbonyl (C=O) groups is 1. The van der Waals surface area contributed by atoms with Gasteiger partial charge in [-0.3, -0.25) is 9.79 Å². The van der Waals surface area contributed by atoms with Gasteiger partial charge in [0, 0.05) is 38.5 Å². The van der Waals surface area contributed by atoms with Crippen LogP contribution in [0.2, 0.25) is 0 Å². The zero-order chi connectivity index (χ0) is 19.5. The van der Waals surface area contributed by atoms with Crippen molar-refractivity contribution >= 4 is 47.2 Å². The van der Waals surface area contributed by atoms with Gasteiger partial charge in [0.15, 0.2) is 12.6 Å². The molecule has 0 aliphatic heterocycles. The fourth-order valence-electron chi connectivity index (χ4n) is 2.38. The quantitative estimate of drug-likeness (QED) is 0.270. The maximum absolute atomic E-state index is 11.5. The molecule has 0 radical (unpaired) electrons. The molecule has 9 heteroatoms. The Morgan fingerprint density at radius 2 is 2.11 bits per heavy atom. The predicted octanol–water partition coefficient (Wildman–Crippen LogP) is 2.49. The molecule has 1 amide bonds. The van der Waals surface area contributed by atoms with E-state index in [0.29, 0.717) is 18.8 Å². The van der Waals surface area contributed by atoms with E-state index < -0.39 is 0 Å². The molecule has 7 nitrogen and oxygen atoms in total. The van der Waals surface area contributed by atoms with Gasteiger partial charge in [0.2, 0.25) is 0 Å². The largest absolute Gasteiger partial charge is 0.484 e. The molecule has 0 unspecified atom stereocenters. The summed E-state index contributed by atoms with van der Waals surface area (Å²) in [5.41, 5.74) is 2.14. The van der Waals surface area contributed by atoms with Crippen molar-refractivity contribution in [2.75, 3.05) is 26.7 Å². The van der Waals surface area contributed by atoms with E-state index in [1.165, 1.54) is 0 Å². The highest BCUT2D eigenvalue weighted by Crippen LogP contribution is 2.13. The number of hydrogen-bond donors (Lipinski definition) is 3. The van der Waals surface area contributed by atoms with Crippen LogP contribution in [0.3, 0.4) is 0 Å². The minimum atomic E-state index is -0.124. The lowest BCUT2D eigenvalue weighted by Crippen LogP contribution is -2.37. The molecular weight excluding hydrogens is 489 g/mol. The van der Waals surface area contributed by atoms with E-state index in [-0.39, 0.29) is 36.5 Å². The highest BCUT2D eigenvalue weighted by molar-refractivity contribution is 14.0. The zero-order valence-corrected chi connectivity index (χ0v) is 19.6. The molecule has 0 saturated heterocycles. The molecule has 0 saturated carbocycles. The van der Waals surface area contributed by atoms with Crippen LogP contribution in [-0.2, 0) is 17.8 Å². The van der Waals surface area contributed by atoms with Gasteiger partial charge < -0.3 is 20.7 Å². The third kappa shape index (κ3) is 8.87. The van der Waals surface area contributed by atoms with Crippen LogP contribution in [-0.4, -0.2) is 43.6 Å². The molecule has 2 rings (SSSR count). The number of thiazole rings is 1. The number of likely N-dealkylation sites (N-methyl/N-ethyl adjacent to an activating group) is 1. The standard InChI is InChI=1S/C19H27N5O2S.HI/c1-4-21-18(25)12-26-17-7-5-6-15(10-17)11-23-19(20-3)22-9-8-16-13-27-14(2)24-16;/h5-7,10,13H,4,8-9,11-12H2,1-3H3,(H,21,25)(H2,20,22,23);1H. The molecule has 0 bridgehead atoms. The lowest BCUT2D eigenvalue weighted by Gasteiger charge is -2.12. The lowest BCUT2D eigenvalue weighted by molar-refractivity contribution is -0.122. The average molecular weight is 517 g/mol. The van der Waals surface area contributed by atoms with E-state index in [1.807, 2.05) is 38.1 Å². The number of aryl methyl sites for hydroxylation is 1. The van der Waals surface area contributed by atoms with E-state index in [1.54, 1.807) is 18.4 Å². The second kappa shape index (κ2) is 13.3. The number of nitrogens with zero attached hydrogens (tertiary/aromatic N) is 2. The first-order valence-electron chi connectivity index (χ1n) is 8.94. The molecule has 2 aromatic rings. The Morgan fingerprint density at radius 3 is 2.79 bits per heavy atom. The van der Waals surface area contributed by atoms with Gasteiger partial charge in [0.25, 0.3) is 5.91 Å². The van der Waals surface area contributed by atoms with Crippen molar-refractivity contribution in [2.24, 2.45) is 4.99 Å². The fraction of sp³-hybridized carbons (Fsp3) is 0.421. The topological polar surface area (TPSA) is 87.6 Å². The summed E-state index contributed by atoms with van der Waals surface area (Å²) in [6.45, 7) is 5.87. The first-order chi connectivity index (χ1) is 13.1. The van der Waals surface area contributed by atoms with Crippen molar-refractivity contribution in [3.63, 3.8) is 0 Å². The van der Waals surface area contributed by atoms with Crippen LogP contribution in [0, 0.1) is 6.92 Å². The maximum atomic E-state index is 11.5. The summed E-state index contributed by atoms with van der Waals surface area (Å²) in [7, 11) is 1.74. The summed E-state index contributed by atoms with van der Waals surface area (Å²) < 4.78 is 5.52. The highest BCUT2D eigenvalue weighted by Gasteiger charge is 2.04. The second-order valence-corrected chi connectivity index (χ2v) is 6.91. The van der Waals surface area contributed by atoms with Crippen molar-refractivity contribution in [3.05, 3.63) is 45.9 Å².